The van der Waals surface area contributed by atoms with Gasteiger partial charge >= 0.3 is 0 Å². The van der Waals surface area contributed by atoms with Crippen LogP contribution in [0.2, 0.25) is 5.02 Å². The molecule has 2 heterocycles. The Balaban J connectivity index is 1.63. The first-order valence-electron chi connectivity index (χ1n) is 7.63. The molecule has 1 aromatic carbocycles. The Morgan fingerprint density at radius 3 is 2.67 bits per heavy atom. The summed E-state index contributed by atoms with van der Waals surface area (Å²) in [5.41, 5.74) is 6.64. The molecule has 1 saturated heterocycles. The molecule has 1 aliphatic heterocycles. The maximum atomic E-state index is 13.9. The van der Waals surface area contributed by atoms with Gasteiger partial charge in [0.05, 0.1) is 16.3 Å². The molecule has 8 heteroatoms. The van der Waals surface area contributed by atoms with Gasteiger partial charge in [-0.05, 0) is 19.1 Å². The summed E-state index contributed by atoms with van der Waals surface area (Å²) in [6, 6.07) is 4.28. The fourth-order valence-corrected chi connectivity index (χ4v) is 3.89. The van der Waals surface area contributed by atoms with Crippen LogP contribution in [0, 0.1) is 12.7 Å². The van der Waals surface area contributed by atoms with E-state index in [1.807, 2.05) is 6.92 Å². The number of halogens is 2. The third kappa shape index (κ3) is 3.53. The molecule has 0 radical (unpaired) electrons. The molecule has 0 bridgehead atoms. The Morgan fingerprint density at radius 2 is 2.08 bits per heavy atom. The fraction of sp³-hybridized carbons (Fsp3) is 0.375. The van der Waals surface area contributed by atoms with Gasteiger partial charge in [-0.2, -0.15) is 0 Å². The number of thiazole rings is 1. The maximum Gasteiger partial charge on any atom is 0.258 e. The SMILES string of the molecule is Cc1nc(N)sc1CN1CCN(C(=O)c2c(F)cccc2Cl)CC1. The lowest BCUT2D eigenvalue weighted by molar-refractivity contribution is 0.0625. The minimum absolute atomic E-state index is 0.0429. The van der Waals surface area contributed by atoms with Crippen LogP contribution < -0.4 is 5.73 Å². The van der Waals surface area contributed by atoms with Gasteiger partial charge in [0.2, 0.25) is 0 Å². The van der Waals surface area contributed by atoms with Crippen LogP contribution in [0.1, 0.15) is 20.9 Å². The fourth-order valence-electron chi connectivity index (χ4n) is 2.77. The lowest BCUT2D eigenvalue weighted by Gasteiger charge is -2.34. The number of carbonyl (C=O) groups is 1. The van der Waals surface area contributed by atoms with Crippen LogP contribution >= 0.6 is 22.9 Å². The molecule has 5 nitrogen and oxygen atoms in total. The minimum Gasteiger partial charge on any atom is -0.375 e. The van der Waals surface area contributed by atoms with Gasteiger partial charge < -0.3 is 10.6 Å². The van der Waals surface area contributed by atoms with Gasteiger partial charge in [0, 0.05) is 37.6 Å². The van der Waals surface area contributed by atoms with Crippen molar-refractivity contribution in [2.75, 3.05) is 31.9 Å². The van der Waals surface area contributed by atoms with E-state index >= 15 is 0 Å². The van der Waals surface area contributed by atoms with Crippen LogP contribution in [0.4, 0.5) is 9.52 Å². The van der Waals surface area contributed by atoms with Crippen molar-refractivity contribution in [1.82, 2.24) is 14.8 Å². The minimum atomic E-state index is -0.578. The first-order valence-corrected chi connectivity index (χ1v) is 8.82. The summed E-state index contributed by atoms with van der Waals surface area (Å²) >= 11 is 7.48. The van der Waals surface area contributed by atoms with E-state index in [2.05, 4.69) is 9.88 Å². The van der Waals surface area contributed by atoms with E-state index in [1.165, 1.54) is 29.5 Å². The Hall–Kier alpha value is -1.70. The van der Waals surface area contributed by atoms with Gasteiger partial charge in [-0.25, -0.2) is 9.37 Å². The second-order valence-corrected chi connectivity index (χ2v) is 7.25. The summed E-state index contributed by atoms with van der Waals surface area (Å²) in [7, 11) is 0. The number of amides is 1. The largest absolute Gasteiger partial charge is 0.375 e. The quantitative estimate of drug-likeness (QED) is 0.904. The molecule has 2 N–H and O–H groups in total. The molecule has 0 atom stereocenters. The number of piperazine rings is 1. The predicted molar refractivity (Wildman–Crippen MR) is 93.9 cm³/mol. The number of benzene rings is 1. The average Bonchev–Trinajstić information content (AvgIpc) is 2.85. The Morgan fingerprint density at radius 1 is 1.38 bits per heavy atom. The number of carbonyl (C=O) groups excluding carboxylic acids is 1. The van der Waals surface area contributed by atoms with E-state index in [4.69, 9.17) is 17.3 Å². The molecule has 1 fully saturated rings. The number of hydrogen-bond donors (Lipinski definition) is 1. The molecule has 1 aromatic heterocycles. The van der Waals surface area contributed by atoms with E-state index in [-0.39, 0.29) is 16.5 Å². The number of aryl methyl sites for hydroxylation is 1. The zero-order valence-corrected chi connectivity index (χ0v) is 14.8. The van der Waals surface area contributed by atoms with Crippen LogP contribution in [-0.4, -0.2) is 46.9 Å². The van der Waals surface area contributed by atoms with Crippen LogP contribution in [0.3, 0.4) is 0 Å². The van der Waals surface area contributed by atoms with Gasteiger partial charge in [-0.15, -0.1) is 11.3 Å². The van der Waals surface area contributed by atoms with Crippen LogP contribution in [0.15, 0.2) is 18.2 Å². The molecule has 0 spiro atoms. The number of anilines is 1. The molecule has 0 aliphatic carbocycles. The number of hydrogen-bond acceptors (Lipinski definition) is 5. The molecule has 24 heavy (non-hydrogen) atoms. The standard InChI is InChI=1S/C16H18ClFN4OS/c1-10-13(24-16(19)20-10)9-21-5-7-22(8-6-21)15(23)14-11(17)3-2-4-12(14)18/h2-4H,5-9H2,1H3,(H2,19,20). The van der Waals surface area contributed by atoms with Crippen molar-refractivity contribution in [2.45, 2.75) is 13.5 Å². The normalized spacial score (nSPS) is 15.7. The Bertz CT molecular complexity index is 738. The van der Waals surface area contributed by atoms with Crippen LogP contribution in [0.5, 0.6) is 0 Å². The third-order valence-corrected chi connectivity index (χ3v) is 5.40. The molecule has 1 aliphatic rings. The summed E-state index contributed by atoms with van der Waals surface area (Å²) in [6.07, 6.45) is 0. The second-order valence-electron chi connectivity index (χ2n) is 5.73. The number of nitrogens with two attached hydrogens (primary N) is 1. The van der Waals surface area contributed by atoms with Crippen molar-refractivity contribution < 1.29 is 9.18 Å². The van der Waals surface area contributed by atoms with Gasteiger partial charge in [0.25, 0.3) is 5.91 Å². The van der Waals surface area contributed by atoms with Crippen LogP contribution in [0.25, 0.3) is 0 Å². The smallest absolute Gasteiger partial charge is 0.258 e. The van der Waals surface area contributed by atoms with E-state index < -0.39 is 5.82 Å². The van der Waals surface area contributed by atoms with Gasteiger partial charge in [-0.1, -0.05) is 17.7 Å². The van der Waals surface area contributed by atoms with Crippen molar-refractivity contribution in [3.63, 3.8) is 0 Å². The number of aromatic nitrogens is 1. The van der Waals surface area contributed by atoms with Gasteiger partial charge in [0.15, 0.2) is 5.13 Å². The highest BCUT2D eigenvalue weighted by Crippen LogP contribution is 2.24. The summed E-state index contributed by atoms with van der Waals surface area (Å²) in [4.78, 5) is 21.8. The van der Waals surface area contributed by atoms with Crippen molar-refractivity contribution in [2.24, 2.45) is 0 Å². The predicted octanol–water partition coefficient (Wildman–Crippen LogP) is 2.78. The highest BCUT2D eigenvalue weighted by molar-refractivity contribution is 7.15. The monoisotopic (exact) mass is 368 g/mol. The lowest BCUT2D eigenvalue weighted by atomic mass is 10.1. The number of rotatable bonds is 3. The van der Waals surface area contributed by atoms with Crippen molar-refractivity contribution in [1.29, 1.82) is 0 Å². The van der Waals surface area contributed by atoms with Crippen molar-refractivity contribution in [3.05, 3.63) is 45.2 Å². The van der Waals surface area contributed by atoms with E-state index in [0.29, 0.717) is 18.2 Å². The summed E-state index contributed by atoms with van der Waals surface area (Å²) in [5.74, 6) is -0.929. The van der Waals surface area contributed by atoms with Crippen molar-refractivity contribution >= 4 is 34.0 Å². The first-order chi connectivity index (χ1) is 11.5. The van der Waals surface area contributed by atoms with Crippen LogP contribution in [-0.2, 0) is 6.54 Å². The Kier molecular flexibility index (Phi) is 5.03. The molecular formula is C16H18ClFN4OS. The molecule has 128 valence electrons. The Labute approximate surface area is 148 Å². The molecule has 3 rings (SSSR count). The summed E-state index contributed by atoms with van der Waals surface area (Å²) in [5, 5.41) is 0.726. The third-order valence-electron chi connectivity index (χ3n) is 4.11. The molecule has 1 amide bonds. The first kappa shape index (κ1) is 17.1. The number of nitrogens with zero attached hydrogens (tertiary/aromatic N) is 3. The lowest BCUT2D eigenvalue weighted by Crippen LogP contribution is -2.48. The summed E-state index contributed by atoms with van der Waals surface area (Å²) in [6.45, 7) is 5.23. The maximum absolute atomic E-state index is 13.9. The zero-order chi connectivity index (χ0) is 17.3. The zero-order valence-electron chi connectivity index (χ0n) is 13.3. The molecule has 0 saturated carbocycles. The second kappa shape index (κ2) is 7.04. The van der Waals surface area contributed by atoms with Gasteiger partial charge in [-0.3, -0.25) is 9.69 Å². The molecular weight excluding hydrogens is 351 g/mol. The van der Waals surface area contributed by atoms with E-state index in [0.717, 1.165) is 30.2 Å². The highest BCUT2D eigenvalue weighted by Gasteiger charge is 2.26. The summed E-state index contributed by atoms with van der Waals surface area (Å²) < 4.78 is 13.9. The van der Waals surface area contributed by atoms with E-state index in [9.17, 15) is 9.18 Å². The number of nitrogen functional groups attached to an aromatic ring is 1. The molecule has 2 aromatic rings. The molecule has 0 unspecified atom stereocenters. The van der Waals surface area contributed by atoms with E-state index in [1.54, 1.807) is 4.90 Å². The average molecular weight is 369 g/mol. The highest BCUT2D eigenvalue weighted by atomic mass is 35.5. The topological polar surface area (TPSA) is 62.5 Å². The van der Waals surface area contributed by atoms with Crippen molar-refractivity contribution in [3.8, 4) is 0 Å². The van der Waals surface area contributed by atoms with Gasteiger partial charge in [0.1, 0.15) is 5.82 Å².